The summed E-state index contributed by atoms with van der Waals surface area (Å²) in [5.41, 5.74) is 2.76. The molecular formula is C3H4NS-. The molecule has 0 aromatic carbocycles. The van der Waals surface area contributed by atoms with Crippen molar-refractivity contribution in [2.75, 3.05) is 12.3 Å². The summed E-state index contributed by atoms with van der Waals surface area (Å²) in [6.07, 6.45) is 0. The monoisotopic (exact) mass is 86.0 g/mol. The maximum absolute atomic E-state index is 3.80. The Hall–Kier alpha value is 0.0200. The Bertz CT molecular complexity index is 44.9. The molecule has 0 bridgehead atoms. The van der Waals surface area contributed by atoms with Crippen molar-refractivity contribution >= 4 is 17.3 Å². The highest BCUT2D eigenvalue weighted by molar-refractivity contribution is 8.12. The van der Waals surface area contributed by atoms with Gasteiger partial charge in [-0.3, -0.25) is 0 Å². The van der Waals surface area contributed by atoms with Crippen LogP contribution < -0.4 is 0 Å². The van der Waals surface area contributed by atoms with Crippen LogP contribution in [0.4, 0.5) is 0 Å². The third-order valence-electron chi connectivity index (χ3n) is 0.434. The molecule has 5 heavy (non-hydrogen) atoms. The quantitative estimate of drug-likeness (QED) is 0.394. The molecule has 0 unspecified atom stereocenters. The Morgan fingerprint density at radius 2 is 2.80 bits per heavy atom. The molecule has 0 saturated carbocycles. The van der Waals surface area contributed by atoms with Crippen molar-refractivity contribution in [1.29, 1.82) is 0 Å². The van der Waals surface area contributed by atoms with E-state index in [2.05, 4.69) is 10.5 Å². The van der Waals surface area contributed by atoms with Crippen molar-refractivity contribution in [3.8, 4) is 0 Å². The van der Waals surface area contributed by atoms with Gasteiger partial charge in [0, 0.05) is 6.54 Å². The zero-order valence-corrected chi connectivity index (χ0v) is 3.59. The maximum atomic E-state index is 3.80. The van der Waals surface area contributed by atoms with Gasteiger partial charge in [0.15, 0.2) is 0 Å². The molecule has 1 aliphatic rings. The number of hydrogen-bond donors (Lipinski definition) is 0. The van der Waals surface area contributed by atoms with Crippen LogP contribution in [0.15, 0.2) is 4.99 Å². The van der Waals surface area contributed by atoms with Crippen LogP contribution in [0.1, 0.15) is 0 Å². The molecule has 0 aromatic heterocycles. The highest BCUT2D eigenvalue weighted by atomic mass is 32.2. The Morgan fingerprint density at radius 3 is 3.00 bits per heavy atom. The van der Waals surface area contributed by atoms with E-state index in [1.54, 1.807) is 11.8 Å². The highest BCUT2D eigenvalue weighted by Gasteiger charge is 1.71. The van der Waals surface area contributed by atoms with E-state index in [4.69, 9.17) is 0 Å². The predicted octanol–water partition coefficient (Wildman–Crippen LogP) is 0.639. The molecule has 0 aliphatic carbocycles. The van der Waals surface area contributed by atoms with Crippen LogP contribution in [0.5, 0.6) is 0 Å². The minimum absolute atomic E-state index is 0.977. The van der Waals surface area contributed by atoms with Crippen LogP contribution in [-0.4, -0.2) is 17.8 Å². The first-order valence-corrected chi connectivity index (χ1v) is 2.52. The summed E-state index contributed by atoms with van der Waals surface area (Å²) in [4.78, 5) is 3.80. The van der Waals surface area contributed by atoms with E-state index in [0.717, 1.165) is 12.3 Å². The summed E-state index contributed by atoms with van der Waals surface area (Å²) in [6, 6.07) is 0. The lowest BCUT2D eigenvalue weighted by Crippen LogP contribution is -1.69. The van der Waals surface area contributed by atoms with Crippen LogP contribution in [0.25, 0.3) is 0 Å². The van der Waals surface area contributed by atoms with Gasteiger partial charge in [0.1, 0.15) is 0 Å². The maximum Gasteiger partial charge on any atom is 0.00735 e. The van der Waals surface area contributed by atoms with E-state index in [0.29, 0.717) is 0 Å². The molecule has 0 atom stereocenters. The van der Waals surface area contributed by atoms with E-state index in [1.165, 1.54) is 0 Å². The normalized spacial score (nSPS) is 20.8. The average Bonchev–Trinajstić information content (AvgIpc) is 1.76. The summed E-state index contributed by atoms with van der Waals surface area (Å²) in [6.45, 7) is 0.977. The van der Waals surface area contributed by atoms with E-state index < -0.39 is 0 Å². The zero-order valence-electron chi connectivity index (χ0n) is 2.77. The van der Waals surface area contributed by atoms with Crippen molar-refractivity contribution in [1.82, 2.24) is 0 Å². The minimum Gasteiger partial charge on any atom is -0.492 e. The van der Waals surface area contributed by atoms with Gasteiger partial charge in [-0.1, -0.05) is 0 Å². The lowest BCUT2D eigenvalue weighted by molar-refractivity contribution is 1.18. The molecule has 1 nitrogen and oxygen atoms in total. The van der Waals surface area contributed by atoms with E-state index in [-0.39, 0.29) is 0 Å². The van der Waals surface area contributed by atoms with Gasteiger partial charge in [0.05, 0.1) is 0 Å². The van der Waals surface area contributed by atoms with E-state index in [9.17, 15) is 0 Å². The highest BCUT2D eigenvalue weighted by Crippen LogP contribution is 1.99. The molecule has 2 heteroatoms. The fourth-order valence-corrected chi connectivity index (χ4v) is 0.685. The molecule has 0 saturated heterocycles. The van der Waals surface area contributed by atoms with Gasteiger partial charge in [-0.2, -0.15) is 0 Å². The third kappa shape index (κ3) is 0.651. The van der Waals surface area contributed by atoms with Crippen LogP contribution in [0.2, 0.25) is 0 Å². The number of thioether (sulfide) groups is 1. The fourth-order valence-electron chi connectivity index (χ4n) is 0.228. The summed E-state index contributed by atoms with van der Waals surface area (Å²) < 4.78 is 0. The van der Waals surface area contributed by atoms with Gasteiger partial charge in [0.25, 0.3) is 0 Å². The van der Waals surface area contributed by atoms with Crippen LogP contribution in [-0.2, 0) is 0 Å². The largest absolute Gasteiger partial charge is 0.492 e. The minimum atomic E-state index is 0.977. The zero-order chi connectivity index (χ0) is 3.54. The second-order valence-electron chi connectivity index (χ2n) is 0.821. The molecule has 1 aliphatic heterocycles. The number of nitrogens with zero attached hydrogens (tertiary/aromatic N) is 1. The molecule has 28 valence electrons. The van der Waals surface area contributed by atoms with Gasteiger partial charge in [0.2, 0.25) is 0 Å². The smallest absolute Gasteiger partial charge is 0.00735 e. The lowest BCUT2D eigenvalue weighted by Gasteiger charge is -1.82. The SMILES string of the molecule is [C-]1=NCCS1. The van der Waals surface area contributed by atoms with Gasteiger partial charge in [-0.15, -0.1) is 0 Å². The summed E-state index contributed by atoms with van der Waals surface area (Å²) in [5.74, 6) is 1.14. The number of aliphatic imine (C=N–C) groups is 1. The Labute approximate surface area is 35.5 Å². The summed E-state index contributed by atoms with van der Waals surface area (Å²) >= 11 is 1.66. The Morgan fingerprint density at radius 1 is 1.80 bits per heavy atom. The molecular weight excluding hydrogens is 82.1 g/mol. The molecule has 0 radical (unpaired) electrons. The first-order valence-electron chi connectivity index (χ1n) is 1.53. The number of hydrogen-bond acceptors (Lipinski definition) is 2. The Balaban J connectivity index is 2.32. The van der Waals surface area contributed by atoms with Crippen molar-refractivity contribution in [2.24, 2.45) is 4.99 Å². The van der Waals surface area contributed by atoms with E-state index >= 15 is 0 Å². The van der Waals surface area contributed by atoms with Gasteiger partial charge in [-0.25, -0.2) is 0 Å². The molecule has 0 aromatic rings. The predicted molar refractivity (Wildman–Crippen MR) is 24.8 cm³/mol. The second kappa shape index (κ2) is 1.45. The molecule has 0 fully saturated rings. The topological polar surface area (TPSA) is 12.4 Å². The fraction of sp³-hybridized carbons (Fsp3) is 0.667. The van der Waals surface area contributed by atoms with Gasteiger partial charge in [-0.05, 0) is 5.75 Å². The van der Waals surface area contributed by atoms with Crippen LogP contribution in [0.3, 0.4) is 0 Å². The van der Waals surface area contributed by atoms with Gasteiger partial charge < -0.3 is 22.3 Å². The molecule has 1 rings (SSSR count). The standard InChI is InChI=1S/C3H4NS/c1-2-5-3-4-1/h1-2H2/q-1. The van der Waals surface area contributed by atoms with Crippen LogP contribution in [0, 0.1) is 0 Å². The molecule has 0 spiro atoms. The van der Waals surface area contributed by atoms with E-state index in [1.807, 2.05) is 0 Å². The second-order valence-corrected chi connectivity index (χ2v) is 1.70. The van der Waals surface area contributed by atoms with Crippen LogP contribution >= 0.6 is 11.8 Å². The van der Waals surface area contributed by atoms with Crippen molar-refractivity contribution in [3.05, 3.63) is 0 Å². The van der Waals surface area contributed by atoms with Crippen molar-refractivity contribution in [3.63, 3.8) is 0 Å². The molecule has 0 N–H and O–H groups in total. The summed E-state index contributed by atoms with van der Waals surface area (Å²) in [5, 5.41) is 0. The summed E-state index contributed by atoms with van der Waals surface area (Å²) in [7, 11) is 0. The Kier molecular flexibility index (Phi) is 0.937. The van der Waals surface area contributed by atoms with Gasteiger partial charge >= 0.3 is 0 Å². The molecule has 0 amide bonds. The first kappa shape index (κ1) is 3.22. The number of rotatable bonds is 0. The first-order chi connectivity index (χ1) is 2.50. The lowest BCUT2D eigenvalue weighted by atomic mass is 10.8. The van der Waals surface area contributed by atoms with Crippen molar-refractivity contribution < 1.29 is 0 Å². The van der Waals surface area contributed by atoms with Crippen molar-refractivity contribution in [2.45, 2.75) is 0 Å². The average molecular weight is 86.1 g/mol. The molecule has 1 heterocycles. The third-order valence-corrected chi connectivity index (χ3v) is 1.08.